The van der Waals surface area contributed by atoms with Crippen LogP contribution in [0.4, 0.5) is 10.5 Å². The fraction of sp³-hybridized carbons (Fsp3) is 0.438. The lowest BCUT2D eigenvalue weighted by Crippen LogP contribution is -2.36. The molecule has 23 heavy (non-hydrogen) atoms. The Morgan fingerprint density at radius 1 is 1.43 bits per heavy atom. The van der Waals surface area contributed by atoms with Gasteiger partial charge in [-0.15, -0.1) is 0 Å². The molecule has 1 saturated carbocycles. The molecule has 3 rings (SSSR count). The summed E-state index contributed by atoms with van der Waals surface area (Å²) in [7, 11) is 1.92. The summed E-state index contributed by atoms with van der Waals surface area (Å²) in [5.74, 6) is 0. The van der Waals surface area contributed by atoms with Crippen LogP contribution in [-0.2, 0) is 13.6 Å². The van der Waals surface area contributed by atoms with E-state index in [1.54, 1.807) is 18.3 Å². The molecule has 0 atom stereocenters. The van der Waals surface area contributed by atoms with Crippen LogP contribution in [0.15, 0.2) is 18.3 Å². The molecule has 2 heterocycles. The number of anilines is 1. The number of carbonyl (C=O) groups excluding carboxylic acids is 1. The third-order valence-corrected chi connectivity index (χ3v) is 4.44. The first-order valence-corrected chi connectivity index (χ1v) is 8.01. The van der Waals surface area contributed by atoms with Crippen molar-refractivity contribution in [1.82, 2.24) is 19.7 Å². The monoisotopic (exact) mass is 333 g/mol. The predicted molar refractivity (Wildman–Crippen MR) is 89.5 cm³/mol. The van der Waals surface area contributed by atoms with Gasteiger partial charge in [-0.3, -0.25) is 4.68 Å². The third kappa shape index (κ3) is 3.47. The van der Waals surface area contributed by atoms with Gasteiger partial charge in [-0.05, 0) is 38.8 Å². The number of pyridine rings is 1. The summed E-state index contributed by atoms with van der Waals surface area (Å²) in [6.07, 6.45) is 3.65. The molecule has 1 N–H and O–H groups in total. The Hall–Kier alpha value is -2.08. The molecular weight excluding hydrogens is 314 g/mol. The molecule has 122 valence electrons. The van der Waals surface area contributed by atoms with E-state index in [2.05, 4.69) is 15.4 Å². The largest absolute Gasteiger partial charge is 0.322 e. The maximum absolute atomic E-state index is 12.6. The van der Waals surface area contributed by atoms with Crippen molar-refractivity contribution in [2.45, 2.75) is 39.3 Å². The first-order valence-electron chi connectivity index (χ1n) is 7.64. The van der Waals surface area contributed by atoms with E-state index >= 15 is 0 Å². The molecule has 0 radical (unpaired) electrons. The highest BCUT2D eigenvalue weighted by Crippen LogP contribution is 2.30. The number of hydrogen-bond acceptors (Lipinski definition) is 3. The lowest BCUT2D eigenvalue weighted by molar-refractivity contribution is 0.206. The maximum atomic E-state index is 12.6. The number of hydrogen-bond donors (Lipinski definition) is 1. The van der Waals surface area contributed by atoms with E-state index in [9.17, 15) is 4.79 Å². The Labute approximate surface area is 140 Å². The van der Waals surface area contributed by atoms with Gasteiger partial charge >= 0.3 is 6.03 Å². The highest BCUT2D eigenvalue weighted by Gasteiger charge is 2.33. The Bertz CT molecular complexity index is 721. The third-order valence-electron chi connectivity index (χ3n) is 4.21. The zero-order valence-electron chi connectivity index (χ0n) is 13.5. The number of urea groups is 1. The molecule has 2 amide bonds. The molecule has 2 aromatic rings. The molecule has 0 bridgehead atoms. The molecule has 2 aromatic heterocycles. The second-order valence-corrected chi connectivity index (χ2v) is 6.32. The molecule has 1 aliphatic carbocycles. The summed E-state index contributed by atoms with van der Waals surface area (Å²) >= 11 is 5.77. The van der Waals surface area contributed by atoms with Gasteiger partial charge in [-0.1, -0.05) is 11.6 Å². The van der Waals surface area contributed by atoms with E-state index in [0.717, 1.165) is 29.8 Å². The summed E-state index contributed by atoms with van der Waals surface area (Å²) in [4.78, 5) is 18.5. The number of carbonyl (C=O) groups is 1. The smallest absolute Gasteiger partial charge is 0.317 e. The van der Waals surface area contributed by atoms with Crippen molar-refractivity contribution in [1.29, 1.82) is 0 Å². The van der Waals surface area contributed by atoms with Crippen molar-refractivity contribution in [2.75, 3.05) is 5.32 Å². The van der Waals surface area contributed by atoms with Crippen LogP contribution in [0.3, 0.4) is 0 Å². The summed E-state index contributed by atoms with van der Waals surface area (Å²) in [6, 6.07) is 3.60. The van der Waals surface area contributed by atoms with Crippen LogP contribution in [-0.4, -0.2) is 31.7 Å². The lowest BCUT2D eigenvalue weighted by Gasteiger charge is -2.23. The van der Waals surface area contributed by atoms with E-state index in [0.29, 0.717) is 23.4 Å². The second kappa shape index (κ2) is 6.20. The van der Waals surface area contributed by atoms with Gasteiger partial charge in [0.25, 0.3) is 0 Å². The molecular formula is C16H20ClN5O. The SMILES string of the molecule is Cc1nn(C)c(C)c1CN(C(=O)Nc1ccc(Cl)nc1)C1CC1. The van der Waals surface area contributed by atoms with Gasteiger partial charge in [0.15, 0.2) is 0 Å². The number of halogens is 1. The molecule has 7 heteroatoms. The maximum Gasteiger partial charge on any atom is 0.322 e. The molecule has 6 nitrogen and oxygen atoms in total. The average Bonchev–Trinajstić information content (AvgIpc) is 3.30. The van der Waals surface area contributed by atoms with Crippen LogP contribution in [0.25, 0.3) is 0 Å². The zero-order chi connectivity index (χ0) is 16.6. The number of nitrogens with zero attached hydrogens (tertiary/aromatic N) is 4. The van der Waals surface area contributed by atoms with E-state index < -0.39 is 0 Å². The Kier molecular flexibility index (Phi) is 4.26. The van der Waals surface area contributed by atoms with Crippen molar-refractivity contribution >= 4 is 23.3 Å². The minimum Gasteiger partial charge on any atom is -0.317 e. The molecule has 0 spiro atoms. The van der Waals surface area contributed by atoms with Gasteiger partial charge in [0.1, 0.15) is 5.15 Å². The van der Waals surface area contributed by atoms with Crippen molar-refractivity contribution in [3.63, 3.8) is 0 Å². The van der Waals surface area contributed by atoms with Gasteiger partial charge in [0, 0.05) is 24.3 Å². The fourth-order valence-electron chi connectivity index (χ4n) is 2.61. The summed E-state index contributed by atoms with van der Waals surface area (Å²) in [6.45, 7) is 4.58. The highest BCUT2D eigenvalue weighted by molar-refractivity contribution is 6.29. The first-order chi connectivity index (χ1) is 11.0. The van der Waals surface area contributed by atoms with Gasteiger partial charge in [-0.2, -0.15) is 5.10 Å². The van der Waals surface area contributed by atoms with Crippen LogP contribution >= 0.6 is 11.6 Å². The Morgan fingerprint density at radius 2 is 2.17 bits per heavy atom. The lowest BCUT2D eigenvalue weighted by atomic mass is 10.2. The average molecular weight is 334 g/mol. The summed E-state index contributed by atoms with van der Waals surface area (Å²) < 4.78 is 1.86. The van der Waals surface area contributed by atoms with E-state index in [1.165, 1.54) is 0 Å². The minimum atomic E-state index is -0.112. The Balaban J connectivity index is 1.76. The van der Waals surface area contributed by atoms with Crippen molar-refractivity contribution < 1.29 is 4.79 Å². The molecule has 1 aliphatic rings. The normalized spacial score (nSPS) is 13.9. The quantitative estimate of drug-likeness (QED) is 0.873. The summed E-state index contributed by atoms with van der Waals surface area (Å²) in [5, 5.41) is 7.73. The van der Waals surface area contributed by atoms with Crippen molar-refractivity contribution in [2.24, 2.45) is 7.05 Å². The molecule has 1 fully saturated rings. The second-order valence-electron chi connectivity index (χ2n) is 5.93. The van der Waals surface area contributed by atoms with Crippen LogP contribution < -0.4 is 5.32 Å². The standard InChI is InChI=1S/C16H20ClN5O/c1-10-14(11(2)21(3)20-10)9-22(13-5-6-13)16(23)19-12-4-7-15(17)18-8-12/h4,7-8,13H,5-6,9H2,1-3H3,(H,19,23). The number of aryl methyl sites for hydroxylation is 2. The minimum absolute atomic E-state index is 0.112. The van der Waals surface area contributed by atoms with Crippen LogP contribution in [0, 0.1) is 13.8 Å². The topological polar surface area (TPSA) is 63.1 Å². The number of nitrogens with one attached hydrogen (secondary N) is 1. The van der Waals surface area contributed by atoms with Gasteiger partial charge in [0.2, 0.25) is 0 Å². The van der Waals surface area contributed by atoms with E-state index in [4.69, 9.17) is 11.6 Å². The van der Waals surface area contributed by atoms with Gasteiger partial charge < -0.3 is 10.2 Å². The Morgan fingerprint density at radius 3 is 2.70 bits per heavy atom. The fourth-order valence-corrected chi connectivity index (χ4v) is 2.73. The van der Waals surface area contributed by atoms with Crippen molar-refractivity contribution in [3.05, 3.63) is 40.4 Å². The van der Waals surface area contributed by atoms with Crippen LogP contribution in [0.5, 0.6) is 0 Å². The van der Waals surface area contributed by atoms with Gasteiger partial charge in [-0.25, -0.2) is 9.78 Å². The van der Waals surface area contributed by atoms with Gasteiger partial charge in [0.05, 0.1) is 24.1 Å². The molecule has 0 unspecified atom stereocenters. The van der Waals surface area contributed by atoms with Crippen molar-refractivity contribution in [3.8, 4) is 0 Å². The van der Waals surface area contributed by atoms with Crippen LogP contribution in [0.2, 0.25) is 5.15 Å². The van der Waals surface area contributed by atoms with Crippen LogP contribution in [0.1, 0.15) is 29.8 Å². The molecule has 0 aromatic carbocycles. The highest BCUT2D eigenvalue weighted by atomic mass is 35.5. The number of rotatable bonds is 4. The zero-order valence-corrected chi connectivity index (χ0v) is 14.3. The van der Waals surface area contributed by atoms with E-state index in [-0.39, 0.29) is 6.03 Å². The first kappa shape index (κ1) is 15.8. The number of aromatic nitrogens is 3. The predicted octanol–water partition coefficient (Wildman–Crippen LogP) is 3.28. The number of amides is 2. The molecule has 0 saturated heterocycles. The molecule has 0 aliphatic heterocycles. The van der Waals surface area contributed by atoms with E-state index in [1.807, 2.05) is 30.5 Å². The summed E-state index contributed by atoms with van der Waals surface area (Å²) in [5.41, 5.74) is 3.82.